The number of aromatic hydroxyl groups is 1. The predicted molar refractivity (Wildman–Crippen MR) is 121 cm³/mol. The topological polar surface area (TPSA) is 29.5 Å². The van der Waals surface area contributed by atoms with Crippen LogP contribution < -0.4 is 4.74 Å². The van der Waals surface area contributed by atoms with Gasteiger partial charge in [0, 0.05) is 22.3 Å². The second kappa shape index (κ2) is 7.46. The van der Waals surface area contributed by atoms with Crippen LogP contribution in [0.25, 0.3) is 11.1 Å². The highest BCUT2D eigenvalue weighted by Crippen LogP contribution is 2.49. The minimum absolute atomic E-state index is 0.0600. The average molecular weight is 383 g/mol. The molecular weight excluding hydrogens is 344 g/mol. The summed E-state index contributed by atoms with van der Waals surface area (Å²) in [6, 6.07) is 4.31. The molecule has 0 aliphatic rings. The number of phenols is 1. The SMILES string of the molecule is CCOc1c(-c2c(C)c(C)cc(C(C)(C)C)c2O)cc(C)c(C)c1C(C)(C)C. The first-order valence-electron chi connectivity index (χ1n) is 10.3. The summed E-state index contributed by atoms with van der Waals surface area (Å²) >= 11 is 0. The molecule has 2 aromatic rings. The molecule has 154 valence electrons. The van der Waals surface area contributed by atoms with E-state index >= 15 is 0 Å². The van der Waals surface area contributed by atoms with E-state index in [1.807, 2.05) is 6.92 Å². The van der Waals surface area contributed by atoms with Crippen molar-refractivity contribution in [3.8, 4) is 22.6 Å². The van der Waals surface area contributed by atoms with Crippen molar-refractivity contribution in [2.24, 2.45) is 0 Å². The molecule has 0 heterocycles. The lowest BCUT2D eigenvalue weighted by molar-refractivity contribution is 0.330. The van der Waals surface area contributed by atoms with Crippen molar-refractivity contribution in [1.82, 2.24) is 0 Å². The van der Waals surface area contributed by atoms with Crippen molar-refractivity contribution < 1.29 is 9.84 Å². The van der Waals surface area contributed by atoms with Crippen LogP contribution in [-0.2, 0) is 10.8 Å². The Morgan fingerprint density at radius 1 is 0.821 bits per heavy atom. The summed E-state index contributed by atoms with van der Waals surface area (Å²) in [6.07, 6.45) is 0. The third kappa shape index (κ3) is 3.92. The molecule has 0 aliphatic carbocycles. The smallest absolute Gasteiger partial charge is 0.131 e. The molecule has 0 bridgehead atoms. The van der Waals surface area contributed by atoms with Gasteiger partial charge in [0.05, 0.1) is 6.61 Å². The number of aryl methyl sites for hydroxylation is 2. The molecule has 2 heteroatoms. The number of benzene rings is 2. The Morgan fingerprint density at radius 3 is 1.82 bits per heavy atom. The zero-order chi connectivity index (χ0) is 21.6. The predicted octanol–water partition coefficient (Wildman–Crippen LogP) is 7.29. The zero-order valence-corrected chi connectivity index (χ0v) is 19.7. The maximum Gasteiger partial charge on any atom is 0.131 e. The van der Waals surface area contributed by atoms with Gasteiger partial charge < -0.3 is 9.84 Å². The van der Waals surface area contributed by atoms with Gasteiger partial charge >= 0.3 is 0 Å². The number of phenolic OH excluding ortho intramolecular Hbond substituents is 1. The van der Waals surface area contributed by atoms with Crippen molar-refractivity contribution in [2.45, 2.75) is 87.0 Å². The fourth-order valence-electron chi connectivity index (χ4n) is 4.08. The van der Waals surface area contributed by atoms with Gasteiger partial charge in [-0.1, -0.05) is 47.6 Å². The van der Waals surface area contributed by atoms with Crippen molar-refractivity contribution in [1.29, 1.82) is 0 Å². The van der Waals surface area contributed by atoms with Gasteiger partial charge in [0.1, 0.15) is 11.5 Å². The highest BCUT2D eigenvalue weighted by Gasteiger charge is 2.29. The Labute approximate surface area is 172 Å². The van der Waals surface area contributed by atoms with Crippen LogP contribution in [0.1, 0.15) is 81.8 Å². The number of hydrogen-bond acceptors (Lipinski definition) is 2. The van der Waals surface area contributed by atoms with Crippen LogP contribution in [-0.4, -0.2) is 11.7 Å². The fourth-order valence-corrected chi connectivity index (χ4v) is 4.08. The number of rotatable bonds is 3. The quantitative estimate of drug-likeness (QED) is 0.604. The van der Waals surface area contributed by atoms with Crippen LogP contribution in [0.3, 0.4) is 0 Å². The summed E-state index contributed by atoms with van der Waals surface area (Å²) in [6.45, 7) is 24.3. The van der Waals surface area contributed by atoms with Gasteiger partial charge in [-0.2, -0.15) is 0 Å². The van der Waals surface area contributed by atoms with Gasteiger partial charge in [0.2, 0.25) is 0 Å². The third-order valence-electron chi connectivity index (χ3n) is 5.73. The summed E-state index contributed by atoms with van der Waals surface area (Å²) in [7, 11) is 0. The Balaban J connectivity index is 3.05. The van der Waals surface area contributed by atoms with E-state index in [4.69, 9.17) is 4.74 Å². The second-order valence-electron chi connectivity index (χ2n) is 10.1. The Morgan fingerprint density at radius 2 is 1.36 bits per heavy atom. The molecule has 1 N–H and O–H groups in total. The van der Waals surface area contributed by atoms with E-state index in [0.29, 0.717) is 12.4 Å². The normalized spacial score (nSPS) is 12.4. The summed E-state index contributed by atoms with van der Waals surface area (Å²) in [5, 5.41) is 11.4. The highest BCUT2D eigenvalue weighted by atomic mass is 16.5. The van der Waals surface area contributed by atoms with Crippen LogP contribution >= 0.6 is 0 Å². The van der Waals surface area contributed by atoms with Gasteiger partial charge in [-0.3, -0.25) is 0 Å². The van der Waals surface area contributed by atoms with E-state index in [0.717, 1.165) is 28.0 Å². The molecule has 28 heavy (non-hydrogen) atoms. The number of hydrogen-bond donors (Lipinski definition) is 1. The molecule has 0 saturated carbocycles. The first-order chi connectivity index (χ1) is 12.7. The van der Waals surface area contributed by atoms with Crippen molar-refractivity contribution in [3.63, 3.8) is 0 Å². The zero-order valence-electron chi connectivity index (χ0n) is 19.7. The lowest BCUT2D eigenvalue weighted by atomic mass is 9.77. The molecule has 0 fully saturated rings. The molecule has 0 aromatic heterocycles. The Kier molecular flexibility index (Phi) is 5.95. The third-order valence-corrected chi connectivity index (χ3v) is 5.73. The summed E-state index contributed by atoms with van der Waals surface area (Å²) in [5.41, 5.74) is 8.68. The lowest BCUT2D eigenvalue weighted by Crippen LogP contribution is -2.17. The van der Waals surface area contributed by atoms with E-state index in [2.05, 4.69) is 81.4 Å². The van der Waals surface area contributed by atoms with Crippen LogP contribution in [0.4, 0.5) is 0 Å². The summed E-state index contributed by atoms with van der Waals surface area (Å²) in [5.74, 6) is 1.28. The van der Waals surface area contributed by atoms with E-state index in [-0.39, 0.29) is 10.8 Å². The molecule has 2 aromatic carbocycles. The molecule has 0 atom stereocenters. The number of ether oxygens (including phenoxy) is 1. The van der Waals surface area contributed by atoms with Crippen molar-refractivity contribution >= 4 is 0 Å². The van der Waals surface area contributed by atoms with E-state index in [1.54, 1.807) is 0 Å². The molecule has 2 rings (SSSR count). The molecule has 2 nitrogen and oxygen atoms in total. The van der Waals surface area contributed by atoms with Crippen LogP contribution in [0.15, 0.2) is 12.1 Å². The van der Waals surface area contributed by atoms with Crippen LogP contribution in [0.2, 0.25) is 0 Å². The van der Waals surface area contributed by atoms with Gasteiger partial charge in [0.15, 0.2) is 0 Å². The molecule has 0 unspecified atom stereocenters. The average Bonchev–Trinajstić information content (AvgIpc) is 2.53. The second-order valence-corrected chi connectivity index (χ2v) is 10.1. The monoisotopic (exact) mass is 382 g/mol. The minimum atomic E-state index is -0.143. The highest BCUT2D eigenvalue weighted by molar-refractivity contribution is 5.83. The lowest BCUT2D eigenvalue weighted by Gasteiger charge is -2.30. The Bertz CT molecular complexity index is 891. The van der Waals surface area contributed by atoms with Gasteiger partial charge in [-0.05, 0) is 73.8 Å². The molecule has 0 spiro atoms. The largest absolute Gasteiger partial charge is 0.507 e. The van der Waals surface area contributed by atoms with Crippen LogP contribution in [0.5, 0.6) is 11.5 Å². The first kappa shape index (κ1) is 22.3. The summed E-state index contributed by atoms with van der Waals surface area (Å²) < 4.78 is 6.25. The maximum atomic E-state index is 11.4. The van der Waals surface area contributed by atoms with Crippen molar-refractivity contribution in [3.05, 3.63) is 45.5 Å². The fraction of sp³-hybridized carbons (Fsp3) is 0.538. The summed E-state index contributed by atoms with van der Waals surface area (Å²) in [4.78, 5) is 0. The molecule has 0 aliphatic heterocycles. The maximum absolute atomic E-state index is 11.4. The first-order valence-corrected chi connectivity index (χ1v) is 10.3. The Hall–Kier alpha value is -1.96. The minimum Gasteiger partial charge on any atom is -0.507 e. The van der Waals surface area contributed by atoms with E-state index in [1.165, 1.54) is 22.3 Å². The molecular formula is C26H38O2. The van der Waals surface area contributed by atoms with Gasteiger partial charge in [-0.15, -0.1) is 0 Å². The van der Waals surface area contributed by atoms with Crippen molar-refractivity contribution in [2.75, 3.05) is 6.61 Å². The van der Waals surface area contributed by atoms with Crippen LogP contribution in [0, 0.1) is 27.7 Å². The molecule has 0 amide bonds. The molecule has 0 saturated heterocycles. The van der Waals surface area contributed by atoms with E-state index < -0.39 is 0 Å². The van der Waals surface area contributed by atoms with Gasteiger partial charge in [-0.25, -0.2) is 0 Å². The van der Waals surface area contributed by atoms with Gasteiger partial charge in [0.25, 0.3) is 0 Å². The molecule has 0 radical (unpaired) electrons. The standard InChI is InChI=1S/C26H38O2/c1-12-28-24-19(13-15(2)18(5)22(24)26(9,10)11)21-17(4)16(3)14-20(23(21)27)25(6,7)8/h13-14,27H,12H2,1-11H3. The van der Waals surface area contributed by atoms with E-state index in [9.17, 15) is 5.11 Å².